The van der Waals surface area contributed by atoms with E-state index >= 15 is 0 Å². The highest BCUT2D eigenvalue weighted by atomic mass is 32.2. The molecule has 0 unspecified atom stereocenters. The Morgan fingerprint density at radius 3 is 2.27 bits per heavy atom. The highest BCUT2D eigenvalue weighted by molar-refractivity contribution is 7.92. The smallest absolute Gasteiger partial charge is 0.264 e. The zero-order valence-corrected chi connectivity index (χ0v) is 24.6. The van der Waals surface area contributed by atoms with Crippen molar-refractivity contribution < 1.29 is 22.7 Å². The van der Waals surface area contributed by atoms with Crippen LogP contribution in [0.1, 0.15) is 38.3 Å². The molecule has 0 aliphatic heterocycles. The number of benzene rings is 3. The summed E-state index contributed by atoms with van der Waals surface area (Å²) in [6.07, 6.45) is 0.357. The number of rotatable bonds is 13. The van der Waals surface area contributed by atoms with Crippen LogP contribution in [0.2, 0.25) is 0 Å². The van der Waals surface area contributed by atoms with E-state index in [9.17, 15) is 18.0 Å². The van der Waals surface area contributed by atoms with Crippen LogP contribution < -0.4 is 14.4 Å². The number of anilines is 1. The van der Waals surface area contributed by atoms with Gasteiger partial charge < -0.3 is 15.0 Å². The van der Waals surface area contributed by atoms with Gasteiger partial charge in [0.15, 0.2) is 0 Å². The molecule has 0 heterocycles. The first-order valence-electron chi connectivity index (χ1n) is 13.4. The molecule has 214 valence electrons. The van der Waals surface area contributed by atoms with Gasteiger partial charge >= 0.3 is 0 Å². The molecule has 0 aliphatic rings. The van der Waals surface area contributed by atoms with E-state index in [1.807, 2.05) is 45.9 Å². The summed E-state index contributed by atoms with van der Waals surface area (Å²) >= 11 is 0. The summed E-state index contributed by atoms with van der Waals surface area (Å²) in [5.41, 5.74) is 1.98. The van der Waals surface area contributed by atoms with Crippen molar-refractivity contribution in [3.8, 4) is 5.75 Å². The molecule has 1 N–H and O–H groups in total. The lowest BCUT2D eigenvalue weighted by Crippen LogP contribution is -2.52. The van der Waals surface area contributed by atoms with Gasteiger partial charge in [-0.15, -0.1) is 0 Å². The molecule has 3 rings (SSSR count). The third kappa shape index (κ3) is 7.85. The van der Waals surface area contributed by atoms with E-state index < -0.39 is 28.5 Å². The van der Waals surface area contributed by atoms with Crippen molar-refractivity contribution in [2.75, 3.05) is 24.5 Å². The number of ether oxygens (including phenoxy) is 1. The molecule has 0 radical (unpaired) electrons. The molecule has 40 heavy (non-hydrogen) atoms. The van der Waals surface area contributed by atoms with Gasteiger partial charge in [0.1, 0.15) is 18.3 Å². The van der Waals surface area contributed by atoms with Gasteiger partial charge in [-0.2, -0.15) is 0 Å². The summed E-state index contributed by atoms with van der Waals surface area (Å²) in [5.74, 6) is 0.0860. The molecular formula is C31H39N3O5S. The van der Waals surface area contributed by atoms with E-state index in [2.05, 4.69) is 5.32 Å². The molecule has 2 amide bonds. The van der Waals surface area contributed by atoms with Gasteiger partial charge in [-0.3, -0.25) is 13.9 Å². The second-order valence-electron chi connectivity index (χ2n) is 10.1. The molecular weight excluding hydrogens is 526 g/mol. The second-order valence-corrected chi connectivity index (χ2v) is 12.0. The largest absolute Gasteiger partial charge is 0.497 e. The van der Waals surface area contributed by atoms with Crippen molar-refractivity contribution in [3.63, 3.8) is 0 Å². The number of nitrogens with zero attached hydrogens (tertiary/aromatic N) is 2. The lowest BCUT2D eigenvalue weighted by molar-refractivity contribution is -0.140. The molecule has 0 fully saturated rings. The van der Waals surface area contributed by atoms with E-state index in [1.54, 1.807) is 55.6 Å². The van der Waals surface area contributed by atoms with Crippen LogP contribution in [0.5, 0.6) is 5.75 Å². The van der Waals surface area contributed by atoms with Gasteiger partial charge in [0.2, 0.25) is 11.8 Å². The number of sulfonamides is 1. The fourth-order valence-corrected chi connectivity index (χ4v) is 5.77. The lowest BCUT2D eigenvalue weighted by atomic mass is 10.1. The van der Waals surface area contributed by atoms with Crippen LogP contribution in [-0.4, -0.2) is 51.4 Å². The van der Waals surface area contributed by atoms with E-state index in [0.29, 0.717) is 24.4 Å². The van der Waals surface area contributed by atoms with Gasteiger partial charge in [-0.25, -0.2) is 8.42 Å². The second kappa shape index (κ2) is 14.0. The maximum Gasteiger partial charge on any atom is 0.264 e. The van der Waals surface area contributed by atoms with Gasteiger partial charge in [0, 0.05) is 13.1 Å². The maximum absolute atomic E-state index is 14.1. The molecule has 0 spiro atoms. The third-order valence-electron chi connectivity index (χ3n) is 6.46. The summed E-state index contributed by atoms with van der Waals surface area (Å²) in [7, 11) is -2.53. The molecule has 0 aromatic heterocycles. The zero-order chi connectivity index (χ0) is 29.3. The highest BCUT2D eigenvalue weighted by Crippen LogP contribution is 2.26. The summed E-state index contributed by atoms with van der Waals surface area (Å²) in [6.45, 7) is 7.79. The van der Waals surface area contributed by atoms with Crippen molar-refractivity contribution in [1.82, 2.24) is 10.2 Å². The Bertz CT molecular complexity index is 1390. The number of methoxy groups -OCH3 is 1. The molecule has 1 atom stereocenters. The fourth-order valence-electron chi connectivity index (χ4n) is 4.34. The number of hydrogen-bond donors (Lipinski definition) is 1. The summed E-state index contributed by atoms with van der Waals surface area (Å²) in [4.78, 5) is 28.9. The number of carbonyl (C=O) groups is 2. The molecule has 9 heteroatoms. The Morgan fingerprint density at radius 2 is 1.65 bits per heavy atom. The van der Waals surface area contributed by atoms with Crippen LogP contribution in [-0.2, 0) is 26.2 Å². The first kappa shape index (κ1) is 30.7. The molecule has 8 nitrogen and oxygen atoms in total. The molecule has 0 saturated carbocycles. The van der Waals surface area contributed by atoms with E-state index in [4.69, 9.17) is 4.74 Å². The number of nitrogens with one attached hydrogen (secondary N) is 1. The van der Waals surface area contributed by atoms with Crippen LogP contribution >= 0.6 is 0 Å². The third-order valence-corrected chi connectivity index (χ3v) is 8.25. The first-order valence-corrected chi connectivity index (χ1v) is 14.8. The summed E-state index contributed by atoms with van der Waals surface area (Å²) in [6, 6.07) is 21.5. The van der Waals surface area contributed by atoms with Gasteiger partial charge in [0.25, 0.3) is 10.0 Å². The van der Waals surface area contributed by atoms with Crippen molar-refractivity contribution in [2.24, 2.45) is 5.92 Å². The summed E-state index contributed by atoms with van der Waals surface area (Å²) < 4.78 is 34.2. The normalized spacial score (nSPS) is 12.1. The topological polar surface area (TPSA) is 96.0 Å². The average Bonchev–Trinajstić information content (AvgIpc) is 2.95. The van der Waals surface area contributed by atoms with Gasteiger partial charge in [-0.05, 0) is 66.8 Å². The van der Waals surface area contributed by atoms with Crippen LogP contribution in [0.25, 0.3) is 0 Å². The van der Waals surface area contributed by atoms with E-state index in [1.165, 1.54) is 17.0 Å². The molecule has 0 aliphatic carbocycles. The van der Waals surface area contributed by atoms with E-state index in [0.717, 1.165) is 15.4 Å². The Hall–Kier alpha value is -3.85. The SMILES string of the molecule is CC[C@H](C(=O)NCC(C)C)N(Cc1cccc(OC)c1)C(=O)CN(c1cccc(C)c1)S(=O)(=O)c1ccccc1. The zero-order valence-electron chi connectivity index (χ0n) is 23.8. The van der Waals surface area contributed by atoms with Gasteiger partial charge in [-0.1, -0.05) is 63.2 Å². The van der Waals surface area contributed by atoms with Crippen LogP contribution in [0, 0.1) is 12.8 Å². The summed E-state index contributed by atoms with van der Waals surface area (Å²) in [5, 5.41) is 2.94. The molecule has 3 aromatic carbocycles. The van der Waals surface area contributed by atoms with Crippen LogP contribution in [0.3, 0.4) is 0 Å². The van der Waals surface area contributed by atoms with Crippen LogP contribution in [0.4, 0.5) is 5.69 Å². The predicted octanol–water partition coefficient (Wildman–Crippen LogP) is 4.78. The Kier molecular flexibility index (Phi) is 10.7. The van der Waals surface area contributed by atoms with Crippen molar-refractivity contribution in [1.29, 1.82) is 0 Å². The molecule has 3 aromatic rings. The number of aryl methyl sites for hydroxylation is 1. The van der Waals surface area contributed by atoms with Crippen molar-refractivity contribution in [3.05, 3.63) is 90.0 Å². The lowest BCUT2D eigenvalue weighted by Gasteiger charge is -2.33. The first-order chi connectivity index (χ1) is 19.1. The Labute approximate surface area is 238 Å². The molecule has 0 saturated heterocycles. The number of hydrogen-bond acceptors (Lipinski definition) is 5. The number of amides is 2. The maximum atomic E-state index is 14.1. The minimum Gasteiger partial charge on any atom is -0.497 e. The van der Waals surface area contributed by atoms with Crippen LogP contribution in [0.15, 0.2) is 83.8 Å². The predicted molar refractivity (Wildman–Crippen MR) is 158 cm³/mol. The van der Waals surface area contributed by atoms with Gasteiger partial charge in [0.05, 0.1) is 17.7 Å². The quantitative estimate of drug-likeness (QED) is 0.322. The average molecular weight is 566 g/mol. The Morgan fingerprint density at radius 1 is 0.950 bits per heavy atom. The van der Waals surface area contributed by atoms with E-state index in [-0.39, 0.29) is 23.3 Å². The minimum absolute atomic E-state index is 0.0744. The monoisotopic (exact) mass is 565 g/mol. The minimum atomic E-state index is -4.09. The standard InChI is InChI=1S/C31H39N3O5S/c1-6-29(31(36)32-20-23(2)3)33(21-25-13-11-15-27(19-25)39-5)30(35)22-34(26-14-10-12-24(4)18-26)40(37,38)28-16-8-7-9-17-28/h7-19,23,29H,6,20-22H2,1-5H3,(H,32,36)/t29-/m1/s1. The Balaban J connectivity index is 2.05. The molecule has 0 bridgehead atoms. The fraction of sp³-hybridized carbons (Fsp3) is 0.355. The van der Waals surface area contributed by atoms with Crippen molar-refractivity contribution in [2.45, 2.75) is 51.6 Å². The number of carbonyl (C=O) groups excluding carboxylic acids is 2. The highest BCUT2D eigenvalue weighted by Gasteiger charge is 2.33. The van der Waals surface area contributed by atoms with Crippen molar-refractivity contribution >= 4 is 27.5 Å².